The van der Waals surface area contributed by atoms with Gasteiger partial charge in [0.05, 0.1) is 11.0 Å². The van der Waals surface area contributed by atoms with Gasteiger partial charge in [-0.25, -0.2) is 0 Å². The molecule has 1 aromatic heterocycles. The Labute approximate surface area is 156 Å². The Bertz CT molecular complexity index is 849. The van der Waals surface area contributed by atoms with Gasteiger partial charge in [0.2, 0.25) is 0 Å². The van der Waals surface area contributed by atoms with Crippen LogP contribution in [0.5, 0.6) is 0 Å². The van der Waals surface area contributed by atoms with Gasteiger partial charge in [-0.3, -0.25) is 4.68 Å². The average molecular weight is 347 g/mol. The molecule has 2 N–H and O–H groups in total. The van der Waals surface area contributed by atoms with Crippen LogP contribution in [0, 0.1) is 0 Å². The van der Waals surface area contributed by atoms with Gasteiger partial charge in [0.15, 0.2) is 0 Å². The standard InChI is InChI=1S/C24H30N2/c25-26-23-13-11-19(17-7-3-1-4-8-17)15-21(23)22-16-20(12-14-24(22)26)18-9-5-2-6-10-18/h11-18H,1-10,25H2. The van der Waals surface area contributed by atoms with E-state index in [-0.39, 0.29) is 0 Å². The lowest BCUT2D eigenvalue weighted by Gasteiger charge is -2.22. The molecular formula is C24H30N2. The van der Waals surface area contributed by atoms with Crippen LogP contribution in [-0.4, -0.2) is 4.68 Å². The SMILES string of the molecule is Nn1c2ccc(C3CCCCC3)cc2c2cc(C3CCCCC3)ccc21. The molecule has 0 spiro atoms. The summed E-state index contributed by atoms with van der Waals surface area (Å²) in [4.78, 5) is 0. The van der Waals surface area contributed by atoms with Crippen LogP contribution >= 0.6 is 0 Å². The first-order valence-electron chi connectivity index (χ1n) is 10.6. The quantitative estimate of drug-likeness (QED) is 0.520. The Morgan fingerprint density at radius 1 is 0.615 bits per heavy atom. The molecule has 2 nitrogen and oxygen atoms in total. The minimum absolute atomic E-state index is 0.742. The van der Waals surface area contributed by atoms with Crippen molar-refractivity contribution in [2.75, 3.05) is 5.84 Å². The Morgan fingerprint density at radius 2 is 1.04 bits per heavy atom. The molecule has 2 fully saturated rings. The summed E-state index contributed by atoms with van der Waals surface area (Å²) < 4.78 is 1.89. The summed E-state index contributed by atoms with van der Waals surface area (Å²) in [6.07, 6.45) is 13.7. The molecule has 0 unspecified atom stereocenters. The number of hydrogen-bond donors (Lipinski definition) is 1. The summed E-state index contributed by atoms with van der Waals surface area (Å²) in [6.45, 7) is 0. The zero-order chi connectivity index (χ0) is 17.5. The third-order valence-corrected chi connectivity index (χ3v) is 7.00. The van der Waals surface area contributed by atoms with Crippen molar-refractivity contribution >= 4 is 21.8 Å². The molecule has 1 heterocycles. The maximum absolute atomic E-state index is 6.45. The predicted molar refractivity (Wildman–Crippen MR) is 111 cm³/mol. The van der Waals surface area contributed by atoms with Gasteiger partial charge in [0, 0.05) is 10.8 Å². The van der Waals surface area contributed by atoms with E-state index in [1.807, 2.05) is 4.68 Å². The van der Waals surface area contributed by atoms with Gasteiger partial charge in [-0.2, -0.15) is 0 Å². The maximum Gasteiger partial charge on any atom is 0.0703 e. The van der Waals surface area contributed by atoms with E-state index in [0.717, 1.165) is 11.8 Å². The van der Waals surface area contributed by atoms with Crippen LogP contribution < -0.4 is 5.84 Å². The van der Waals surface area contributed by atoms with Gasteiger partial charge in [0.25, 0.3) is 0 Å². The number of nitrogens with zero attached hydrogens (tertiary/aromatic N) is 1. The molecule has 0 atom stereocenters. The van der Waals surface area contributed by atoms with Crippen LogP contribution in [-0.2, 0) is 0 Å². The van der Waals surface area contributed by atoms with Gasteiger partial charge in [-0.1, -0.05) is 50.7 Å². The molecule has 26 heavy (non-hydrogen) atoms. The van der Waals surface area contributed by atoms with Crippen molar-refractivity contribution in [3.05, 3.63) is 47.5 Å². The predicted octanol–water partition coefficient (Wildman–Crippen LogP) is 6.60. The van der Waals surface area contributed by atoms with Crippen LogP contribution in [0.4, 0.5) is 0 Å². The summed E-state index contributed by atoms with van der Waals surface area (Å²) in [5, 5.41) is 2.70. The van der Waals surface area contributed by atoms with Gasteiger partial charge >= 0.3 is 0 Å². The van der Waals surface area contributed by atoms with E-state index in [4.69, 9.17) is 5.84 Å². The van der Waals surface area contributed by atoms with E-state index in [1.54, 1.807) is 0 Å². The van der Waals surface area contributed by atoms with Gasteiger partial charge in [-0.15, -0.1) is 0 Å². The molecule has 5 rings (SSSR count). The monoisotopic (exact) mass is 346 g/mol. The first-order chi connectivity index (χ1) is 12.8. The Balaban J connectivity index is 1.62. The molecule has 0 aliphatic heterocycles. The Morgan fingerprint density at radius 3 is 1.46 bits per heavy atom. The van der Waals surface area contributed by atoms with Crippen molar-refractivity contribution in [1.29, 1.82) is 0 Å². The van der Waals surface area contributed by atoms with E-state index in [1.165, 1.54) is 97.1 Å². The molecule has 2 heteroatoms. The second-order valence-electron chi connectivity index (χ2n) is 8.59. The molecule has 0 radical (unpaired) electrons. The van der Waals surface area contributed by atoms with E-state index in [9.17, 15) is 0 Å². The molecule has 2 saturated carbocycles. The fourth-order valence-electron chi connectivity index (χ4n) is 5.47. The highest BCUT2D eigenvalue weighted by Crippen LogP contribution is 2.38. The smallest absolute Gasteiger partial charge is 0.0703 e. The molecule has 2 aromatic carbocycles. The first kappa shape index (κ1) is 16.2. The van der Waals surface area contributed by atoms with Crippen molar-refractivity contribution < 1.29 is 0 Å². The highest BCUT2D eigenvalue weighted by atomic mass is 15.3. The molecule has 136 valence electrons. The fraction of sp³-hybridized carbons (Fsp3) is 0.500. The van der Waals surface area contributed by atoms with Crippen LogP contribution in [0.3, 0.4) is 0 Å². The van der Waals surface area contributed by atoms with E-state index in [2.05, 4.69) is 36.4 Å². The lowest BCUT2D eigenvalue weighted by Crippen LogP contribution is -2.08. The number of benzene rings is 2. The molecule has 2 aliphatic rings. The summed E-state index contributed by atoms with van der Waals surface area (Å²) in [5.41, 5.74) is 5.38. The number of hydrogen-bond acceptors (Lipinski definition) is 1. The molecule has 2 aliphatic carbocycles. The van der Waals surface area contributed by atoms with E-state index in [0.29, 0.717) is 0 Å². The highest BCUT2D eigenvalue weighted by molar-refractivity contribution is 6.08. The first-order valence-corrected chi connectivity index (χ1v) is 10.6. The second-order valence-corrected chi connectivity index (χ2v) is 8.59. The van der Waals surface area contributed by atoms with Crippen molar-refractivity contribution in [3.8, 4) is 0 Å². The third-order valence-electron chi connectivity index (χ3n) is 7.00. The molecule has 0 amide bonds. The number of rotatable bonds is 2. The second kappa shape index (κ2) is 6.64. The zero-order valence-corrected chi connectivity index (χ0v) is 15.7. The van der Waals surface area contributed by atoms with Crippen LogP contribution in [0.2, 0.25) is 0 Å². The molecule has 0 saturated heterocycles. The third kappa shape index (κ3) is 2.71. The Hall–Kier alpha value is -1.96. The molecular weight excluding hydrogens is 316 g/mol. The number of nitrogen functional groups attached to an aromatic ring is 1. The lowest BCUT2D eigenvalue weighted by atomic mass is 9.83. The summed E-state index contributed by atoms with van der Waals surface area (Å²) in [5.74, 6) is 7.93. The van der Waals surface area contributed by atoms with Crippen LogP contribution in [0.15, 0.2) is 36.4 Å². The molecule has 0 bridgehead atoms. The van der Waals surface area contributed by atoms with Crippen LogP contribution in [0.25, 0.3) is 21.8 Å². The van der Waals surface area contributed by atoms with Crippen molar-refractivity contribution in [1.82, 2.24) is 4.68 Å². The summed E-state index contributed by atoms with van der Waals surface area (Å²) in [7, 11) is 0. The van der Waals surface area contributed by atoms with Crippen LogP contribution in [0.1, 0.15) is 87.2 Å². The normalized spacial score (nSPS) is 20.2. The minimum Gasteiger partial charge on any atom is -0.339 e. The number of aromatic nitrogens is 1. The van der Waals surface area contributed by atoms with Gasteiger partial charge in [-0.05, 0) is 72.9 Å². The fourth-order valence-corrected chi connectivity index (χ4v) is 5.47. The topological polar surface area (TPSA) is 30.9 Å². The Kier molecular flexibility index (Phi) is 4.15. The van der Waals surface area contributed by atoms with Crippen molar-refractivity contribution in [2.24, 2.45) is 0 Å². The van der Waals surface area contributed by atoms with E-state index < -0.39 is 0 Å². The summed E-state index contributed by atoms with van der Waals surface area (Å²) in [6, 6.07) is 14.0. The van der Waals surface area contributed by atoms with E-state index >= 15 is 0 Å². The lowest BCUT2D eigenvalue weighted by molar-refractivity contribution is 0.444. The largest absolute Gasteiger partial charge is 0.339 e. The minimum atomic E-state index is 0.742. The van der Waals surface area contributed by atoms with Gasteiger partial charge in [0.1, 0.15) is 0 Å². The van der Waals surface area contributed by atoms with Crippen molar-refractivity contribution in [3.63, 3.8) is 0 Å². The maximum atomic E-state index is 6.45. The number of fused-ring (bicyclic) bond motifs is 3. The van der Waals surface area contributed by atoms with Gasteiger partial charge < -0.3 is 5.84 Å². The summed E-state index contributed by atoms with van der Waals surface area (Å²) >= 11 is 0. The highest BCUT2D eigenvalue weighted by Gasteiger charge is 2.19. The van der Waals surface area contributed by atoms with Crippen molar-refractivity contribution in [2.45, 2.75) is 76.0 Å². The average Bonchev–Trinajstić information content (AvgIpc) is 3.01. The molecule has 3 aromatic rings. The number of nitrogens with two attached hydrogens (primary N) is 1. The zero-order valence-electron chi connectivity index (χ0n) is 15.7.